The zero-order chi connectivity index (χ0) is 23.4. The fraction of sp³-hybridized carbons (Fsp3) is 0.200. The summed E-state index contributed by atoms with van der Waals surface area (Å²) in [5.41, 5.74) is 3.52. The van der Waals surface area contributed by atoms with E-state index in [4.69, 9.17) is 5.14 Å². The second-order valence-electron chi connectivity index (χ2n) is 8.02. The van der Waals surface area contributed by atoms with Crippen molar-refractivity contribution in [2.24, 2.45) is 5.14 Å². The minimum Gasteiger partial charge on any atom is -0.354 e. The highest BCUT2D eigenvalue weighted by Gasteiger charge is 2.34. The van der Waals surface area contributed by atoms with E-state index in [1.165, 1.54) is 12.1 Å². The topological polar surface area (TPSA) is 110 Å². The Labute approximate surface area is 193 Å². The third-order valence-corrected chi connectivity index (χ3v) is 6.73. The van der Waals surface area contributed by atoms with E-state index in [0.717, 1.165) is 16.7 Å². The number of hydrogen-bond donors (Lipinski definition) is 2. The summed E-state index contributed by atoms with van der Waals surface area (Å²) >= 11 is 0. The Morgan fingerprint density at radius 1 is 0.909 bits per heavy atom. The standard InChI is InChI=1S/C25H25N3O4S/c26-33(31,32)22-12-10-18(11-13-22)14-15-27-24(29)23-16-20-8-4-5-9-21(20)17-28(23)25(30)19-6-2-1-3-7-19/h1-13,23H,14-17H2,(H,27,29)(H2,26,31,32)/t23-/m1/s1. The van der Waals surface area contributed by atoms with E-state index in [2.05, 4.69) is 5.32 Å². The van der Waals surface area contributed by atoms with E-state index in [0.29, 0.717) is 31.5 Å². The summed E-state index contributed by atoms with van der Waals surface area (Å²) < 4.78 is 22.8. The third-order valence-electron chi connectivity index (χ3n) is 5.80. The smallest absolute Gasteiger partial charge is 0.254 e. The van der Waals surface area contributed by atoms with E-state index in [1.807, 2.05) is 30.3 Å². The average Bonchev–Trinajstić information content (AvgIpc) is 2.83. The number of nitrogens with two attached hydrogens (primary N) is 1. The van der Waals surface area contributed by atoms with E-state index >= 15 is 0 Å². The van der Waals surface area contributed by atoms with Gasteiger partial charge in [0.2, 0.25) is 15.9 Å². The van der Waals surface area contributed by atoms with Crippen molar-refractivity contribution in [1.29, 1.82) is 0 Å². The maximum absolute atomic E-state index is 13.2. The molecule has 0 spiro atoms. The van der Waals surface area contributed by atoms with Crippen molar-refractivity contribution in [3.8, 4) is 0 Å². The number of benzene rings is 3. The van der Waals surface area contributed by atoms with Crippen LogP contribution >= 0.6 is 0 Å². The van der Waals surface area contributed by atoms with Gasteiger partial charge in [0.15, 0.2) is 0 Å². The predicted octanol–water partition coefficient (Wildman–Crippen LogP) is 2.26. The molecule has 7 nitrogen and oxygen atoms in total. The number of primary sulfonamides is 1. The van der Waals surface area contributed by atoms with Crippen molar-refractivity contribution >= 4 is 21.8 Å². The molecule has 3 aromatic carbocycles. The van der Waals surface area contributed by atoms with Crippen LogP contribution in [-0.2, 0) is 34.2 Å². The minimum atomic E-state index is -3.74. The van der Waals surface area contributed by atoms with Crippen LogP contribution in [0.1, 0.15) is 27.0 Å². The molecule has 0 bridgehead atoms. The molecule has 2 amide bonds. The zero-order valence-corrected chi connectivity index (χ0v) is 18.8. The Kier molecular flexibility index (Phi) is 6.57. The van der Waals surface area contributed by atoms with Crippen molar-refractivity contribution < 1.29 is 18.0 Å². The number of amides is 2. The molecule has 1 aliphatic heterocycles. The monoisotopic (exact) mass is 463 g/mol. The number of rotatable bonds is 6. The van der Waals surface area contributed by atoms with Gasteiger partial charge >= 0.3 is 0 Å². The van der Waals surface area contributed by atoms with E-state index < -0.39 is 16.1 Å². The van der Waals surface area contributed by atoms with Gasteiger partial charge in [-0.1, -0.05) is 54.6 Å². The number of hydrogen-bond acceptors (Lipinski definition) is 4. The lowest BCUT2D eigenvalue weighted by Crippen LogP contribution is -2.52. The first-order valence-corrected chi connectivity index (χ1v) is 12.2. The normalized spacial score (nSPS) is 15.5. The summed E-state index contributed by atoms with van der Waals surface area (Å²) in [6.07, 6.45) is 0.968. The van der Waals surface area contributed by atoms with Gasteiger partial charge in [0, 0.05) is 25.1 Å². The van der Waals surface area contributed by atoms with Crippen LogP contribution < -0.4 is 10.5 Å². The van der Waals surface area contributed by atoms with Gasteiger partial charge < -0.3 is 10.2 Å². The van der Waals surface area contributed by atoms with Gasteiger partial charge in [-0.15, -0.1) is 0 Å². The van der Waals surface area contributed by atoms with Gasteiger partial charge in [-0.05, 0) is 47.4 Å². The molecule has 3 N–H and O–H groups in total. The van der Waals surface area contributed by atoms with Crippen LogP contribution in [-0.4, -0.2) is 37.7 Å². The van der Waals surface area contributed by atoms with Gasteiger partial charge in [0.25, 0.3) is 5.91 Å². The van der Waals surface area contributed by atoms with E-state index in [-0.39, 0.29) is 16.7 Å². The molecule has 33 heavy (non-hydrogen) atoms. The Bertz CT molecular complexity index is 1260. The number of nitrogens with zero attached hydrogens (tertiary/aromatic N) is 1. The van der Waals surface area contributed by atoms with Crippen LogP contribution in [0.5, 0.6) is 0 Å². The highest BCUT2D eigenvalue weighted by atomic mass is 32.2. The lowest BCUT2D eigenvalue weighted by atomic mass is 9.92. The molecule has 0 fully saturated rings. The predicted molar refractivity (Wildman–Crippen MR) is 125 cm³/mol. The maximum atomic E-state index is 13.2. The molecule has 3 aromatic rings. The SMILES string of the molecule is NS(=O)(=O)c1ccc(CCNC(=O)[C@H]2Cc3ccccc3CN2C(=O)c2ccccc2)cc1. The van der Waals surface area contributed by atoms with Gasteiger partial charge in [-0.2, -0.15) is 0 Å². The molecular formula is C25H25N3O4S. The molecule has 0 unspecified atom stereocenters. The molecule has 1 aliphatic rings. The zero-order valence-electron chi connectivity index (χ0n) is 18.0. The minimum absolute atomic E-state index is 0.0474. The lowest BCUT2D eigenvalue weighted by Gasteiger charge is -2.36. The quantitative estimate of drug-likeness (QED) is 0.584. The number of carbonyl (C=O) groups excluding carboxylic acids is 2. The number of carbonyl (C=O) groups is 2. The lowest BCUT2D eigenvalue weighted by molar-refractivity contribution is -0.126. The first kappa shape index (κ1) is 22.7. The third kappa shape index (κ3) is 5.30. The van der Waals surface area contributed by atoms with Crippen molar-refractivity contribution in [3.63, 3.8) is 0 Å². The first-order valence-electron chi connectivity index (χ1n) is 10.6. The molecule has 4 rings (SSSR count). The second kappa shape index (κ2) is 9.56. The first-order chi connectivity index (χ1) is 15.8. The van der Waals surface area contributed by atoms with Crippen LogP contribution in [0.3, 0.4) is 0 Å². The summed E-state index contributed by atoms with van der Waals surface area (Å²) in [5, 5.41) is 8.06. The molecule has 1 atom stereocenters. The number of nitrogens with one attached hydrogen (secondary N) is 1. The molecule has 0 radical (unpaired) electrons. The second-order valence-corrected chi connectivity index (χ2v) is 9.58. The Morgan fingerprint density at radius 3 is 2.21 bits per heavy atom. The largest absolute Gasteiger partial charge is 0.354 e. The molecule has 1 heterocycles. The maximum Gasteiger partial charge on any atom is 0.254 e. The fourth-order valence-electron chi connectivity index (χ4n) is 4.01. The molecular weight excluding hydrogens is 438 g/mol. The van der Waals surface area contributed by atoms with Crippen LogP contribution in [0, 0.1) is 0 Å². The summed E-state index contributed by atoms with van der Waals surface area (Å²) in [7, 11) is -3.74. The van der Waals surface area contributed by atoms with Gasteiger partial charge in [-0.25, -0.2) is 13.6 Å². The fourth-order valence-corrected chi connectivity index (χ4v) is 4.53. The molecule has 0 aliphatic carbocycles. The van der Waals surface area contributed by atoms with E-state index in [1.54, 1.807) is 41.3 Å². The Hall–Kier alpha value is -3.49. The van der Waals surface area contributed by atoms with Crippen LogP contribution in [0.4, 0.5) is 0 Å². The molecule has 170 valence electrons. The Morgan fingerprint density at radius 2 is 1.55 bits per heavy atom. The van der Waals surface area contributed by atoms with Crippen LogP contribution in [0.2, 0.25) is 0 Å². The van der Waals surface area contributed by atoms with Crippen molar-refractivity contribution in [2.45, 2.75) is 30.3 Å². The van der Waals surface area contributed by atoms with Gasteiger partial charge in [-0.3, -0.25) is 9.59 Å². The summed E-state index contributed by atoms with van der Waals surface area (Å²) in [6.45, 7) is 0.732. The van der Waals surface area contributed by atoms with Crippen molar-refractivity contribution in [3.05, 3.63) is 101 Å². The van der Waals surface area contributed by atoms with Gasteiger partial charge in [0.1, 0.15) is 6.04 Å². The van der Waals surface area contributed by atoms with Gasteiger partial charge in [0.05, 0.1) is 4.90 Å². The Balaban J connectivity index is 1.46. The number of fused-ring (bicyclic) bond motifs is 1. The number of sulfonamides is 1. The molecule has 0 aromatic heterocycles. The highest BCUT2D eigenvalue weighted by Crippen LogP contribution is 2.25. The molecule has 0 saturated carbocycles. The van der Waals surface area contributed by atoms with Crippen LogP contribution in [0.15, 0.2) is 83.8 Å². The summed E-state index contributed by atoms with van der Waals surface area (Å²) in [5.74, 6) is -0.390. The average molecular weight is 464 g/mol. The van der Waals surface area contributed by atoms with Crippen LogP contribution in [0.25, 0.3) is 0 Å². The highest BCUT2D eigenvalue weighted by molar-refractivity contribution is 7.89. The molecule has 8 heteroatoms. The summed E-state index contributed by atoms with van der Waals surface area (Å²) in [4.78, 5) is 28.0. The summed E-state index contributed by atoms with van der Waals surface area (Å²) in [6, 6.07) is 22.5. The molecule has 0 saturated heterocycles. The van der Waals surface area contributed by atoms with E-state index in [9.17, 15) is 18.0 Å². The van der Waals surface area contributed by atoms with Crippen molar-refractivity contribution in [2.75, 3.05) is 6.54 Å². The van der Waals surface area contributed by atoms with Crippen molar-refractivity contribution in [1.82, 2.24) is 10.2 Å².